The first-order valence-corrected chi connectivity index (χ1v) is 37.3. The number of amides is 8. The first kappa shape index (κ1) is 50.5. The van der Waals surface area contributed by atoms with E-state index in [1.807, 2.05) is 20.4 Å². The number of hydrogen-bond donors (Lipinski definition) is 8. The largest absolute Gasteiger partial charge is 0.391 e. The van der Waals surface area contributed by atoms with Crippen LogP contribution in [0.25, 0.3) is 22.6 Å². The lowest BCUT2D eigenvalue weighted by atomic mass is 10.0. The van der Waals surface area contributed by atoms with E-state index < -0.39 is 283 Å². The van der Waals surface area contributed by atoms with E-state index in [1.54, 1.807) is 24.5 Å². The van der Waals surface area contributed by atoms with Crippen LogP contribution in [-0.2, 0) is 0 Å². The number of carbonyl (C=O) groups is 4. The zero-order valence-corrected chi connectivity index (χ0v) is 63.4. The Morgan fingerprint density at radius 3 is 1.31 bits per heavy atom. The Bertz CT molecular complexity index is 7870. The van der Waals surface area contributed by atoms with Crippen molar-refractivity contribution in [2.24, 2.45) is 0 Å². The van der Waals surface area contributed by atoms with Gasteiger partial charge in [-0.3, -0.25) is 0 Å². The van der Waals surface area contributed by atoms with Gasteiger partial charge in [-0.2, -0.15) is 20.4 Å². The van der Waals surface area contributed by atoms with Crippen LogP contribution in [0.2, 0.25) is 0 Å². The molecule has 8 atom stereocenters. The molecule has 648 valence electrons. The van der Waals surface area contributed by atoms with Crippen molar-refractivity contribution in [3.05, 3.63) is 215 Å². The van der Waals surface area contributed by atoms with E-state index >= 15 is 8.78 Å². The number of nitrogens with zero attached hydrogens (tertiary/aromatic N) is 20. The molecule has 32 nitrogen and oxygen atoms in total. The molecule has 0 bridgehead atoms. The molecule has 0 unspecified atom stereocenters. The first-order valence-electron chi connectivity index (χ1n) is 55.3. The summed E-state index contributed by atoms with van der Waals surface area (Å²) < 4.78 is 416. The fraction of sp³-hybridized carbons (Fsp3) is 0.381. The van der Waals surface area contributed by atoms with Crippen LogP contribution in [0.3, 0.4) is 0 Å². The van der Waals surface area contributed by atoms with E-state index in [4.69, 9.17) is 49.3 Å². The monoisotopic (exact) mass is 1750 g/mol. The van der Waals surface area contributed by atoms with Crippen molar-refractivity contribution in [2.75, 3.05) is 119 Å². The number of benzene rings is 4. The number of rotatable bonds is 12. The highest BCUT2D eigenvalue weighted by molar-refractivity contribution is 5.96. The fourth-order valence-electron chi connectivity index (χ4n) is 14.1. The molecule has 0 radical (unpaired) electrons. The molecular weight excluding hydrogens is 1630 g/mol. The standard InChI is InChI=1S/4C21H22F2N6O2/c4*22-13-3-4-16(23)15(10-13)18-2-1-7-28(18)19-6-9-29-20(26-19)17(11-24-29)25-21(31)27-8-5-14(30)12-27/h4*3-4,6,9-11,14,18,30H,1-2,5,7-8,12H2,(H,25,31)/t4*14-,18+/m0000/s1/i1D2,2D2,3D,4D,5D2,6D,7D2,8D2,9D,10D,12D2,14D,18D;1D2,2D2,5D2,7D2,8D2,12D2,14D,18D;3D,4D;10D. The second-order valence-electron chi connectivity index (χ2n) is 27.7. The van der Waals surface area contributed by atoms with Gasteiger partial charge in [-0.05, 0) is 174 Å². The summed E-state index contributed by atoms with van der Waals surface area (Å²) >= 11 is 0. The summed E-state index contributed by atoms with van der Waals surface area (Å²) in [5, 5.41) is 65.2. The van der Waals surface area contributed by atoms with Crippen LogP contribution in [0.5, 0.6) is 0 Å². The number of β-amino-alcohol motifs (C(OH)–C–C–N with tert-alkyl or cyclic N) is 4. The zero-order valence-electron chi connectivity index (χ0n) is 99.4. The second-order valence-corrected chi connectivity index (χ2v) is 27.7. The van der Waals surface area contributed by atoms with Crippen molar-refractivity contribution < 1.29 is 124 Å². The molecule has 8 amide bonds. The first-order chi connectivity index (χ1) is 73.8. The number of likely N-dealkylation sites (tertiary alicyclic amines) is 4. The van der Waals surface area contributed by atoms with E-state index in [-0.39, 0.29) is 51.0 Å². The predicted octanol–water partition coefficient (Wildman–Crippen LogP) is 11.8. The van der Waals surface area contributed by atoms with Gasteiger partial charge in [0, 0.05) is 153 Å². The molecule has 8 N–H and O–H groups in total. The minimum atomic E-state index is -4.03. The van der Waals surface area contributed by atoms with Gasteiger partial charge >= 0.3 is 24.1 Å². The Morgan fingerprint density at radius 1 is 0.403 bits per heavy atom. The predicted molar refractivity (Wildman–Crippen MR) is 440 cm³/mol. The van der Waals surface area contributed by atoms with E-state index in [0.29, 0.717) is 121 Å². The number of aliphatic hydroxyl groups is 4. The number of nitrogens with one attached hydrogen (secondary N) is 4. The highest BCUT2D eigenvalue weighted by atomic mass is 19.2. The Kier molecular flexibility index (Phi) is 14.6. The summed E-state index contributed by atoms with van der Waals surface area (Å²) in [5.41, 5.74) is -3.81. The topological polar surface area (TPSA) is 344 Å². The second kappa shape index (κ2) is 35.8. The summed E-state index contributed by atoms with van der Waals surface area (Å²) in [6, 6.07) is -11.8. The lowest BCUT2D eigenvalue weighted by Gasteiger charge is -2.26. The summed E-state index contributed by atoms with van der Waals surface area (Å²) in [5.74, 6) is -10.9. The summed E-state index contributed by atoms with van der Waals surface area (Å²) in [7, 11) is 0. The number of urea groups is 4. The number of halogens is 8. The van der Waals surface area contributed by atoms with Crippen LogP contribution in [0.1, 0.15) is 172 Å². The van der Waals surface area contributed by atoms with Crippen molar-refractivity contribution in [3.63, 3.8) is 0 Å². The molecule has 8 aliphatic rings. The highest BCUT2D eigenvalue weighted by Crippen LogP contribution is 2.43. The van der Waals surface area contributed by atoms with Crippen molar-refractivity contribution in [1.82, 2.24) is 78.0 Å². The highest BCUT2D eigenvalue weighted by Gasteiger charge is 2.37. The number of hydrogen-bond acceptors (Lipinski definition) is 20. The lowest BCUT2D eigenvalue weighted by Crippen LogP contribution is -2.33. The van der Waals surface area contributed by atoms with Gasteiger partial charge in [-0.15, -0.1) is 0 Å². The van der Waals surface area contributed by atoms with Gasteiger partial charge in [0.2, 0.25) is 0 Å². The molecule has 8 saturated heterocycles. The third-order valence-electron chi connectivity index (χ3n) is 19.8. The van der Waals surface area contributed by atoms with Gasteiger partial charge in [-0.1, -0.05) is 0 Å². The molecule has 124 heavy (non-hydrogen) atoms. The minimum Gasteiger partial charge on any atom is -0.391 e. The van der Waals surface area contributed by atoms with Crippen LogP contribution in [-0.4, -0.2) is 225 Å². The summed E-state index contributed by atoms with van der Waals surface area (Å²) in [6.45, 7) is -19.5. The number of carbonyl (C=O) groups excluding carboxylic acids is 4. The molecule has 8 aliphatic heterocycles. The molecule has 0 aliphatic carbocycles. The maximum atomic E-state index is 15.7. The molecule has 8 aromatic heterocycles. The van der Waals surface area contributed by atoms with Gasteiger partial charge in [0.15, 0.2) is 22.6 Å². The van der Waals surface area contributed by atoms with Crippen LogP contribution in [0, 0.1) is 46.5 Å². The average molecular weight is 1750 g/mol. The average Bonchev–Trinajstić information content (AvgIpc) is 1.44. The quantitative estimate of drug-likeness (QED) is 0.0527. The third-order valence-corrected chi connectivity index (χ3v) is 19.8. The Balaban J connectivity index is 0.000000146. The van der Waals surface area contributed by atoms with Crippen LogP contribution in [0.4, 0.5) is 100 Å². The van der Waals surface area contributed by atoms with Crippen molar-refractivity contribution in [2.45, 2.75) is 125 Å². The molecule has 4 aromatic carbocycles. The number of aromatic nitrogens is 12. The van der Waals surface area contributed by atoms with Gasteiger partial charge in [0.25, 0.3) is 0 Å². The molecule has 12 aromatic rings. The lowest BCUT2D eigenvalue weighted by molar-refractivity contribution is 0.176. The number of fused-ring (bicyclic) bond motifs is 4. The molecular formula is C84H88F8N24O8. The van der Waals surface area contributed by atoms with Crippen molar-refractivity contribution >= 4 is 92.7 Å². The Labute approximate surface area is 753 Å². The Hall–Kier alpha value is -13.1. The van der Waals surface area contributed by atoms with E-state index in [1.165, 1.54) is 31.2 Å². The van der Waals surface area contributed by atoms with Gasteiger partial charge in [-0.25, -0.2) is 92.3 Å². The Morgan fingerprint density at radius 2 is 0.815 bits per heavy atom. The van der Waals surface area contributed by atoms with Crippen molar-refractivity contribution in [3.8, 4) is 0 Å². The normalized spacial score (nSPS) is 32.7. The summed E-state index contributed by atoms with van der Waals surface area (Å²) in [4.78, 5) is 74.4. The fourth-order valence-corrected chi connectivity index (χ4v) is 14.1. The van der Waals surface area contributed by atoms with Crippen LogP contribution >= 0.6 is 0 Å². The molecule has 40 heteroatoms. The smallest absolute Gasteiger partial charge is 0.322 e. The third kappa shape index (κ3) is 17.8. The summed E-state index contributed by atoms with van der Waals surface area (Å²) in [6.07, 6.45) is -19.8. The zero-order chi connectivity index (χ0) is 118. The van der Waals surface area contributed by atoms with E-state index in [9.17, 15) is 65.9 Å². The van der Waals surface area contributed by atoms with Crippen molar-refractivity contribution in [1.29, 1.82) is 0 Å². The van der Waals surface area contributed by atoms with Crippen LogP contribution in [0.15, 0.2) is 146 Å². The number of aliphatic hydroxyl groups excluding tert-OH is 2. The SMILES string of the molecule is [2H]C1([2H])N(c2ccn3ncc(NC(=O)N4C([2H])([2H])C([2H])([2H])[C@]([2H])(O)C4([2H])[2H])c3n2)[C@@]([2H])(c2cc(F)ccc2F)C([2H])([2H])C1([2H])[2H].[2H]c1c(F)cc([C@H]2CCCN2c2ccn3ncc(NC(=O)N4CC[C@H](O)C4)c3n2)c(F)c1[2H].[2H]c1c(F)ccc(F)c1[C@H]1CCCN1c1ccn2ncc(NC(=O)N3CC[C@H](O)C3)c2n1.[2H]c1c([2H])c(F)c([C@]2([2H])N(c3nc4c(NC(=O)N5C([2H])([2H])C([2H])([2H])[C@]([2H])(O)C5([2H])[2H])cnn4c([2H])c3[2H])C([2H])([2H])C([2H])([2H])C2([2H])[2H])c([2H])c1F. The number of anilines is 8. The maximum absolute atomic E-state index is 15.7. The minimum absolute atomic E-state index is 0.0267. The molecule has 0 saturated carbocycles. The van der Waals surface area contributed by atoms with Gasteiger partial charge in [0.05, 0.1) is 95.2 Å². The van der Waals surface area contributed by atoms with E-state index in [2.05, 4.69) is 51.0 Å². The van der Waals surface area contributed by atoms with Crippen LogP contribution < -0.4 is 40.9 Å². The maximum Gasteiger partial charge on any atom is 0.322 e. The molecule has 16 heterocycles. The van der Waals surface area contributed by atoms with Gasteiger partial charge < -0.3 is 80.9 Å². The van der Waals surface area contributed by atoms with Gasteiger partial charge in [0.1, 0.15) is 92.6 Å². The van der Waals surface area contributed by atoms with E-state index in [0.717, 1.165) is 47.6 Å². The molecule has 0 spiro atoms. The molecule has 8 fully saturated rings. The molecule has 20 rings (SSSR count).